The smallest absolute Gasteiger partial charge is 0.262 e. The van der Waals surface area contributed by atoms with E-state index in [0.717, 1.165) is 11.6 Å². The van der Waals surface area contributed by atoms with Gasteiger partial charge in [-0.3, -0.25) is 9.52 Å². The molecule has 0 aliphatic carbocycles. The van der Waals surface area contributed by atoms with Crippen LogP contribution >= 0.6 is 0 Å². The molecule has 0 saturated heterocycles. The highest BCUT2D eigenvalue weighted by Crippen LogP contribution is 2.22. The third kappa shape index (κ3) is 4.83. The van der Waals surface area contributed by atoms with Crippen molar-refractivity contribution >= 4 is 21.6 Å². The third-order valence-corrected chi connectivity index (χ3v) is 5.91. The number of nitrogens with one attached hydrogen (secondary N) is 1. The monoisotopic (exact) mass is 430 g/mol. The highest BCUT2D eigenvalue weighted by Gasteiger charge is 2.21. The van der Waals surface area contributed by atoms with Crippen LogP contribution in [0.1, 0.15) is 21.5 Å². The minimum atomic E-state index is -4.10. The lowest BCUT2D eigenvalue weighted by Crippen LogP contribution is -2.27. The van der Waals surface area contributed by atoms with E-state index in [4.69, 9.17) is 0 Å². The van der Waals surface area contributed by atoms with Crippen molar-refractivity contribution in [3.8, 4) is 0 Å². The fourth-order valence-electron chi connectivity index (χ4n) is 2.89. The first-order chi connectivity index (χ1) is 14.2. The zero-order valence-corrected chi connectivity index (χ0v) is 17.2. The van der Waals surface area contributed by atoms with Gasteiger partial charge in [0.2, 0.25) is 0 Å². The normalized spacial score (nSPS) is 11.2. The number of carbonyl (C=O) groups is 1. The average Bonchev–Trinajstić information content (AvgIpc) is 2.71. The van der Waals surface area contributed by atoms with Crippen molar-refractivity contribution < 1.29 is 22.0 Å². The molecule has 3 aromatic carbocycles. The average molecular weight is 430 g/mol. The molecule has 0 unspecified atom stereocenters. The number of benzene rings is 3. The van der Waals surface area contributed by atoms with Gasteiger partial charge >= 0.3 is 0 Å². The van der Waals surface area contributed by atoms with Gasteiger partial charge in [0.25, 0.3) is 15.9 Å². The van der Waals surface area contributed by atoms with Crippen molar-refractivity contribution in [2.24, 2.45) is 0 Å². The maximum Gasteiger partial charge on any atom is 0.262 e. The van der Waals surface area contributed by atoms with Crippen LogP contribution in [0.5, 0.6) is 0 Å². The predicted molar refractivity (Wildman–Crippen MR) is 111 cm³/mol. The Bertz CT molecular complexity index is 1180. The largest absolute Gasteiger partial charge is 0.337 e. The first kappa shape index (κ1) is 21.4. The van der Waals surface area contributed by atoms with Crippen molar-refractivity contribution in [1.82, 2.24) is 4.90 Å². The molecule has 0 fully saturated rings. The first-order valence-electron chi connectivity index (χ1n) is 9.05. The number of amides is 1. The number of hydrogen-bond acceptors (Lipinski definition) is 3. The molecule has 0 aliphatic heterocycles. The molecule has 0 heterocycles. The maximum atomic E-state index is 13.8. The standard InChI is InChI=1S/C22H20F2N2O3S/c1-15-7-12-18(30(28,29)25-21-6-4-3-5-20(21)24)13-19(15)22(27)26(2)14-16-8-10-17(23)11-9-16/h3-13,25H,14H2,1-2H3. The highest BCUT2D eigenvalue weighted by molar-refractivity contribution is 7.92. The predicted octanol–water partition coefficient (Wildman–Crippen LogP) is 4.35. The Hall–Kier alpha value is -3.26. The van der Waals surface area contributed by atoms with Gasteiger partial charge in [-0.2, -0.15) is 0 Å². The van der Waals surface area contributed by atoms with Gasteiger partial charge in [0, 0.05) is 19.2 Å². The van der Waals surface area contributed by atoms with E-state index in [1.807, 2.05) is 0 Å². The molecule has 3 aromatic rings. The molecule has 0 radical (unpaired) electrons. The summed E-state index contributed by atoms with van der Waals surface area (Å²) in [7, 11) is -2.53. The molecular weight excluding hydrogens is 410 g/mol. The number of carbonyl (C=O) groups excluding carboxylic acids is 1. The minimum absolute atomic E-state index is 0.158. The Balaban J connectivity index is 1.86. The van der Waals surface area contributed by atoms with Crippen LogP contribution in [0.4, 0.5) is 14.5 Å². The summed E-state index contributed by atoms with van der Waals surface area (Å²) in [5.41, 5.74) is 1.35. The van der Waals surface area contributed by atoms with Crippen LogP contribution in [0.15, 0.2) is 71.6 Å². The summed E-state index contributed by atoms with van der Waals surface area (Å²) in [6.07, 6.45) is 0. The van der Waals surface area contributed by atoms with E-state index in [1.165, 1.54) is 53.4 Å². The second kappa shape index (κ2) is 8.62. The summed E-state index contributed by atoms with van der Waals surface area (Å²) in [5, 5.41) is 0. The number of rotatable bonds is 6. The lowest BCUT2D eigenvalue weighted by atomic mass is 10.1. The van der Waals surface area contributed by atoms with Crippen LogP contribution in [0.3, 0.4) is 0 Å². The Labute approximate surface area is 174 Å². The van der Waals surface area contributed by atoms with Gasteiger partial charge in [0.1, 0.15) is 11.6 Å². The van der Waals surface area contributed by atoms with Crippen molar-refractivity contribution in [1.29, 1.82) is 0 Å². The van der Waals surface area contributed by atoms with Gasteiger partial charge in [0.15, 0.2) is 0 Å². The van der Waals surface area contributed by atoms with Crippen molar-refractivity contribution in [2.75, 3.05) is 11.8 Å². The van der Waals surface area contributed by atoms with Crippen LogP contribution in [-0.4, -0.2) is 26.3 Å². The summed E-state index contributed by atoms with van der Waals surface area (Å²) in [4.78, 5) is 14.2. The number of aryl methyl sites for hydroxylation is 1. The summed E-state index contributed by atoms with van der Waals surface area (Å²) < 4.78 is 54.5. The summed E-state index contributed by atoms with van der Waals surface area (Å²) >= 11 is 0. The van der Waals surface area contributed by atoms with E-state index in [9.17, 15) is 22.0 Å². The number of anilines is 1. The quantitative estimate of drug-likeness (QED) is 0.632. The van der Waals surface area contributed by atoms with E-state index < -0.39 is 15.8 Å². The minimum Gasteiger partial charge on any atom is -0.337 e. The van der Waals surface area contributed by atoms with Gasteiger partial charge in [0.05, 0.1) is 10.6 Å². The molecule has 0 atom stereocenters. The number of para-hydroxylation sites is 1. The summed E-state index contributed by atoms with van der Waals surface area (Å²) in [6.45, 7) is 1.92. The summed E-state index contributed by atoms with van der Waals surface area (Å²) in [6, 6.07) is 15.3. The molecule has 0 saturated carbocycles. The Morgan fingerprint density at radius 3 is 2.33 bits per heavy atom. The van der Waals surface area contributed by atoms with E-state index in [0.29, 0.717) is 5.56 Å². The van der Waals surface area contributed by atoms with E-state index in [1.54, 1.807) is 26.1 Å². The highest BCUT2D eigenvalue weighted by atomic mass is 32.2. The lowest BCUT2D eigenvalue weighted by Gasteiger charge is -2.19. The van der Waals surface area contributed by atoms with Gasteiger partial charge in [-0.15, -0.1) is 0 Å². The Kier molecular flexibility index (Phi) is 6.17. The third-order valence-electron chi connectivity index (χ3n) is 4.55. The van der Waals surface area contributed by atoms with Crippen LogP contribution < -0.4 is 4.72 Å². The molecule has 0 spiro atoms. The Morgan fingerprint density at radius 1 is 1.00 bits per heavy atom. The van der Waals surface area contributed by atoms with Gasteiger partial charge in [-0.25, -0.2) is 17.2 Å². The molecular formula is C22H20F2N2O3S. The zero-order chi connectivity index (χ0) is 21.9. The molecule has 30 heavy (non-hydrogen) atoms. The molecule has 3 rings (SSSR count). The molecule has 0 aliphatic rings. The van der Waals surface area contributed by atoms with Crippen molar-refractivity contribution in [3.63, 3.8) is 0 Å². The summed E-state index contributed by atoms with van der Waals surface area (Å²) in [5.74, 6) is -1.47. The molecule has 0 aromatic heterocycles. The van der Waals surface area contributed by atoms with Crippen LogP contribution in [0.25, 0.3) is 0 Å². The van der Waals surface area contributed by atoms with Crippen molar-refractivity contribution in [3.05, 3.63) is 95.1 Å². The van der Waals surface area contributed by atoms with Crippen molar-refractivity contribution in [2.45, 2.75) is 18.4 Å². The molecule has 1 amide bonds. The molecule has 8 heteroatoms. The second-order valence-corrected chi connectivity index (χ2v) is 8.53. The van der Waals surface area contributed by atoms with Crippen LogP contribution in [-0.2, 0) is 16.6 Å². The van der Waals surface area contributed by atoms with E-state index in [2.05, 4.69) is 4.72 Å². The molecule has 0 bridgehead atoms. The topological polar surface area (TPSA) is 66.5 Å². The molecule has 5 nitrogen and oxygen atoms in total. The number of hydrogen-bond donors (Lipinski definition) is 1. The first-order valence-corrected chi connectivity index (χ1v) is 10.5. The maximum absolute atomic E-state index is 13.8. The second-order valence-electron chi connectivity index (χ2n) is 6.85. The molecule has 156 valence electrons. The van der Waals surface area contributed by atoms with Gasteiger partial charge in [-0.05, 0) is 54.4 Å². The lowest BCUT2D eigenvalue weighted by molar-refractivity contribution is 0.0784. The zero-order valence-electron chi connectivity index (χ0n) is 16.4. The number of nitrogens with zero attached hydrogens (tertiary/aromatic N) is 1. The fraction of sp³-hybridized carbons (Fsp3) is 0.136. The number of halogens is 2. The van der Waals surface area contributed by atoms with E-state index >= 15 is 0 Å². The number of sulfonamides is 1. The Morgan fingerprint density at radius 2 is 1.67 bits per heavy atom. The van der Waals surface area contributed by atoms with Gasteiger partial charge < -0.3 is 4.90 Å². The van der Waals surface area contributed by atoms with E-state index in [-0.39, 0.29) is 34.4 Å². The van der Waals surface area contributed by atoms with Gasteiger partial charge in [-0.1, -0.05) is 30.3 Å². The SMILES string of the molecule is Cc1ccc(S(=O)(=O)Nc2ccccc2F)cc1C(=O)N(C)Cc1ccc(F)cc1. The van der Waals surface area contributed by atoms with Crippen LogP contribution in [0, 0.1) is 18.6 Å². The molecule has 1 N–H and O–H groups in total. The van der Waals surface area contributed by atoms with Crippen LogP contribution in [0.2, 0.25) is 0 Å². The fourth-order valence-corrected chi connectivity index (χ4v) is 3.98.